The normalized spacial score (nSPS) is 13.1. The Bertz CT molecular complexity index is 567. The molecule has 1 aromatic rings. The van der Waals surface area contributed by atoms with E-state index in [1.165, 1.54) is 7.05 Å². The van der Waals surface area contributed by atoms with Crippen LogP contribution in [-0.2, 0) is 10.0 Å². The van der Waals surface area contributed by atoms with Gasteiger partial charge < -0.3 is 0 Å². The van der Waals surface area contributed by atoms with Gasteiger partial charge in [-0.1, -0.05) is 0 Å². The van der Waals surface area contributed by atoms with E-state index in [9.17, 15) is 17.2 Å². The average Bonchev–Trinajstić information content (AvgIpc) is 2.20. The minimum absolute atomic E-state index is 0.00231. The number of hydrogen-bond acceptors (Lipinski definition) is 2. The van der Waals surface area contributed by atoms with Crippen LogP contribution in [0.4, 0.5) is 8.78 Å². The highest BCUT2D eigenvalue weighted by atomic mass is 79.9. The third kappa shape index (κ3) is 2.89. The van der Waals surface area contributed by atoms with Crippen LogP contribution < -0.4 is 0 Å². The van der Waals surface area contributed by atoms with Gasteiger partial charge in [0.15, 0.2) is 11.6 Å². The molecule has 0 aliphatic heterocycles. The highest BCUT2D eigenvalue weighted by molar-refractivity contribution is 9.10. The molecule has 0 aliphatic rings. The van der Waals surface area contributed by atoms with E-state index in [-0.39, 0.29) is 9.37 Å². The summed E-state index contributed by atoms with van der Waals surface area (Å²) in [6, 6.07) is 1.48. The molecule has 18 heavy (non-hydrogen) atoms. The van der Waals surface area contributed by atoms with Crippen molar-refractivity contribution >= 4 is 26.0 Å². The highest BCUT2D eigenvalue weighted by Gasteiger charge is 2.32. The maximum absolute atomic E-state index is 13.2. The average molecular weight is 342 g/mol. The first-order chi connectivity index (χ1) is 7.98. The van der Waals surface area contributed by atoms with Gasteiger partial charge in [-0.15, -0.1) is 0 Å². The zero-order valence-electron chi connectivity index (χ0n) is 10.5. The van der Waals surface area contributed by atoms with Crippen molar-refractivity contribution < 1.29 is 17.2 Å². The van der Waals surface area contributed by atoms with Gasteiger partial charge in [0.1, 0.15) is 0 Å². The summed E-state index contributed by atoms with van der Waals surface area (Å²) in [6.45, 7) is 5.12. The number of rotatable bonds is 2. The molecule has 102 valence electrons. The fraction of sp³-hybridized carbons (Fsp3) is 0.455. The Kier molecular flexibility index (Phi) is 4.19. The first kappa shape index (κ1) is 15.5. The molecule has 0 unspecified atom stereocenters. The maximum Gasteiger partial charge on any atom is 0.244 e. The van der Waals surface area contributed by atoms with Crippen molar-refractivity contribution in [3.8, 4) is 0 Å². The van der Waals surface area contributed by atoms with Crippen LogP contribution in [0.2, 0.25) is 0 Å². The lowest BCUT2D eigenvalue weighted by atomic mass is 10.1. The van der Waals surface area contributed by atoms with E-state index >= 15 is 0 Å². The molecule has 0 saturated heterocycles. The minimum Gasteiger partial charge on any atom is -0.207 e. The van der Waals surface area contributed by atoms with Crippen molar-refractivity contribution in [1.82, 2.24) is 4.31 Å². The summed E-state index contributed by atoms with van der Waals surface area (Å²) in [7, 11) is -2.49. The fourth-order valence-electron chi connectivity index (χ4n) is 1.21. The van der Waals surface area contributed by atoms with Crippen molar-refractivity contribution in [3.05, 3.63) is 28.2 Å². The number of hydrogen-bond donors (Lipinski definition) is 0. The van der Waals surface area contributed by atoms with Gasteiger partial charge >= 0.3 is 0 Å². The Morgan fingerprint density at radius 1 is 1.17 bits per heavy atom. The Labute approximate surface area is 114 Å². The summed E-state index contributed by atoms with van der Waals surface area (Å²) in [6.07, 6.45) is 0. The zero-order valence-corrected chi connectivity index (χ0v) is 12.9. The van der Waals surface area contributed by atoms with Gasteiger partial charge in [-0.25, -0.2) is 17.2 Å². The summed E-state index contributed by atoms with van der Waals surface area (Å²) in [5.74, 6) is -2.29. The van der Waals surface area contributed by atoms with Gasteiger partial charge in [-0.3, -0.25) is 0 Å². The molecule has 0 radical (unpaired) electrons. The molecule has 1 aromatic carbocycles. The van der Waals surface area contributed by atoms with E-state index in [2.05, 4.69) is 15.9 Å². The standard InChI is InChI=1S/C11H14BrF2NO2S/c1-11(2,3)15(4)18(16,17)10-6-9(14)8(13)5-7(10)12/h5-6H,1-4H3. The number of halogens is 3. The first-order valence-electron chi connectivity index (χ1n) is 5.11. The molecule has 0 aliphatic carbocycles. The fourth-order valence-corrected chi connectivity index (χ4v) is 3.71. The monoisotopic (exact) mass is 341 g/mol. The third-order valence-electron chi connectivity index (χ3n) is 2.56. The molecule has 0 spiro atoms. The third-order valence-corrected chi connectivity index (χ3v) is 5.64. The van der Waals surface area contributed by atoms with E-state index in [1.54, 1.807) is 20.8 Å². The van der Waals surface area contributed by atoms with E-state index < -0.39 is 27.2 Å². The lowest BCUT2D eigenvalue weighted by Gasteiger charge is -2.31. The smallest absolute Gasteiger partial charge is 0.207 e. The Morgan fingerprint density at radius 2 is 1.61 bits per heavy atom. The van der Waals surface area contributed by atoms with Crippen LogP contribution in [0.15, 0.2) is 21.5 Å². The van der Waals surface area contributed by atoms with E-state index in [4.69, 9.17) is 0 Å². The topological polar surface area (TPSA) is 37.4 Å². The van der Waals surface area contributed by atoms with Crippen molar-refractivity contribution in [1.29, 1.82) is 0 Å². The molecular formula is C11H14BrF2NO2S. The molecule has 7 heteroatoms. The van der Waals surface area contributed by atoms with Crippen LogP contribution in [-0.4, -0.2) is 25.3 Å². The van der Waals surface area contributed by atoms with Crippen molar-refractivity contribution in [2.45, 2.75) is 31.2 Å². The van der Waals surface area contributed by atoms with Crippen LogP contribution in [0.3, 0.4) is 0 Å². The second kappa shape index (κ2) is 4.86. The van der Waals surface area contributed by atoms with Crippen molar-refractivity contribution in [3.63, 3.8) is 0 Å². The molecule has 1 rings (SSSR count). The first-order valence-corrected chi connectivity index (χ1v) is 7.35. The van der Waals surface area contributed by atoms with Crippen molar-refractivity contribution in [2.24, 2.45) is 0 Å². The molecule has 0 N–H and O–H groups in total. The molecule has 3 nitrogen and oxygen atoms in total. The Hall–Kier alpha value is -0.530. The summed E-state index contributed by atoms with van der Waals surface area (Å²) in [5, 5.41) is 0. The summed E-state index contributed by atoms with van der Waals surface area (Å²) < 4.78 is 51.8. The second-order valence-corrected chi connectivity index (χ2v) is 7.63. The summed E-state index contributed by atoms with van der Waals surface area (Å²) in [4.78, 5) is -0.293. The molecule has 0 amide bonds. The predicted octanol–water partition coefficient (Wildman–Crippen LogP) is 3.15. The highest BCUT2D eigenvalue weighted by Crippen LogP contribution is 2.29. The van der Waals surface area contributed by atoms with E-state index in [0.29, 0.717) is 6.07 Å². The molecule has 0 aromatic heterocycles. The largest absolute Gasteiger partial charge is 0.244 e. The van der Waals surface area contributed by atoms with Crippen molar-refractivity contribution in [2.75, 3.05) is 7.05 Å². The van der Waals surface area contributed by atoms with Crippen LogP contribution in [0, 0.1) is 11.6 Å². The number of benzene rings is 1. The van der Waals surface area contributed by atoms with E-state index in [1.807, 2.05) is 0 Å². The second-order valence-electron chi connectivity index (χ2n) is 4.84. The number of sulfonamides is 1. The molecule has 0 atom stereocenters. The van der Waals surface area contributed by atoms with Gasteiger partial charge in [-0.2, -0.15) is 4.31 Å². The van der Waals surface area contributed by atoms with Gasteiger partial charge in [0.2, 0.25) is 10.0 Å². The molecule has 0 bridgehead atoms. The number of nitrogens with zero attached hydrogens (tertiary/aromatic N) is 1. The summed E-state index contributed by atoms with van der Waals surface area (Å²) in [5.41, 5.74) is -0.664. The lowest BCUT2D eigenvalue weighted by molar-refractivity contribution is 0.291. The Balaban J connectivity index is 3.43. The Morgan fingerprint density at radius 3 is 2.06 bits per heavy atom. The van der Waals surface area contributed by atoms with Crippen LogP contribution in [0.5, 0.6) is 0 Å². The SMILES string of the molecule is CN(C(C)(C)C)S(=O)(=O)c1cc(F)c(F)cc1Br. The maximum atomic E-state index is 13.2. The van der Waals surface area contributed by atoms with Gasteiger partial charge in [-0.05, 0) is 48.8 Å². The quantitative estimate of drug-likeness (QED) is 0.775. The minimum atomic E-state index is -3.89. The lowest BCUT2D eigenvalue weighted by Crippen LogP contribution is -2.42. The van der Waals surface area contributed by atoms with Gasteiger partial charge in [0.05, 0.1) is 4.90 Å². The van der Waals surface area contributed by atoms with E-state index in [0.717, 1.165) is 10.4 Å². The molecule has 0 fully saturated rings. The van der Waals surface area contributed by atoms with Gasteiger partial charge in [0.25, 0.3) is 0 Å². The van der Waals surface area contributed by atoms with Gasteiger partial charge in [0, 0.05) is 17.1 Å². The molecule has 0 saturated carbocycles. The van der Waals surface area contributed by atoms with Crippen LogP contribution >= 0.6 is 15.9 Å². The molecular weight excluding hydrogens is 328 g/mol. The summed E-state index contributed by atoms with van der Waals surface area (Å²) >= 11 is 2.94. The van der Waals surface area contributed by atoms with Crippen LogP contribution in [0.25, 0.3) is 0 Å². The van der Waals surface area contributed by atoms with Crippen LogP contribution in [0.1, 0.15) is 20.8 Å². The zero-order chi connectivity index (χ0) is 14.3. The molecule has 0 heterocycles. The predicted molar refractivity (Wildman–Crippen MR) is 68.8 cm³/mol.